The molecular weight excluding hydrogens is 242 g/mol. The summed E-state index contributed by atoms with van der Waals surface area (Å²) in [7, 11) is 1.74. The Hall–Kier alpha value is -1.56. The standard InChI is InChI=1S/C10H14ClN5O/c1-16(5-8(17)14-6-2-3-6)9-7(12)4-13-10(11)15-9/h4,6H,2-3,5,12H2,1H3,(H,14,17). The highest BCUT2D eigenvalue weighted by Crippen LogP contribution is 2.20. The fraction of sp³-hybridized carbons (Fsp3) is 0.500. The number of likely N-dealkylation sites (N-methyl/N-ethyl adjacent to an activating group) is 1. The molecule has 0 spiro atoms. The highest BCUT2D eigenvalue weighted by molar-refractivity contribution is 6.28. The summed E-state index contributed by atoms with van der Waals surface area (Å²) in [6.45, 7) is 0.202. The van der Waals surface area contributed by atoms with Crippen molar-refractivity contribution >= 4 is 29.0 Å². The molecule has 1 aromatic rings. The first-order valence-electron chi connectivity index (χ1n) is 5.35. The first-order valence-corrected chi connectivity index (χ1v) is 5.72. The van der Waals surface area contributed by atoms with E-state index in [0.29, 0.717) is 17.5 Å². The lowest BCUT2D eigenvalue weighted by Crippen LogP contribution is -2.36. The van der Waals surface area contributed by atoms with E-state index in [0.717, 1.165) is 12.8 Å². The van der Waals surface area contributed by atoms with E-state index in [-0.39, 0.29) is 17.7 Å². The molecular formula is C10H14ClN5O. The highest BCUT2D eigenvalue weighted by Gasteiger charge is 2.24. The summed E-state index contributed by atoms with van der Waals surface area (Å²) >= 11 is 5.69. The van der Waals surface area contributed by atoms with Crippen molar-refractivity contribution < 1.29 is 4.79 Å². The topological polar surface area (TPSA) is 84.1 Å². The lowest BCUT2D eigenvalue weighted by molar-refractivity contribution is -0.119. The summed E-state index contributed by atoms with van der Waals surface area (Å²) < 4.78 is 0. The number of nitrogens with two attached hydrogens (primary N) is 1. The van der Waals surface area contributed by atoms with Crippen LogP contribution in [0.4, 0.5) is 11.5 Å². The average molecular weight is 256 g/mol. The van der Waals surface area contributed by atoms with Gasteiger partial charge >= 0.3 is 0 Å². The molecule has 1 fully saturated rings. The molecule has 2 rings (SSSR count). The monoisotopic (exact) mass is 255 g/mol. The van der Waals surface area contributed by atoms with Gasteiger partial charge in [-0.15, -0.1) is 0 Å². The molecule has 1 heterocycles. The van der Waals surface area contributed by atoms with Crippen molar-refractivity contribution in [1.29, 1.82) is 0 Å². The third kappa shape index (κ3) is 3.20. The van der Waals surface area contributed by atoms with Crippen LogP contribution in [0.1, 0.15) is 12.8 Å². The maximum atomic E-state index is 11.6. The molecule has 0 bridgehead atoms. The van der Waals surface area contributed by atoms with Gasteiger partial charge in [0.25, 0.3) is 0 Å². The van der Waals surface area contributed by atoms with Gasteiger partial charge in [0.05, 0.1) is 18.4 Å². The largest absolute Gasteiger partial charge is 0.394 e. The molecule has 0 radical (unpaired) electrons. The second-order valence-corrected chi connectivity index (χ2v) is 4.45. The van der Waals surface area contributed by atoms with Crippen molar-refractivity contribution in [3.05, 3.63) is 11.5 Å². The number of hydrogen-bond donors (Lipinski definition) is 2. The molecule has 1 aliphatic carbocycles. The summed E-state index contributed by atoms with van der Waals surface area (Å²) in [5.41, 5.74) is 6.12. The molecule has 3 N–H and O–H groups in total. The third-order valence-electron chi connectivity index (χ3n) is 2.45. The molecule has 1 amide bonds. The Bertz CT molecular complexity index is 435. The van der Waals surface area contributed by atoms with Crippen molar-refractivity contribution in [2.75, 3.05) is 24.2 Å². The lowest BCUT2D eigenvalue weighted by Gasteiger charge is -2.18. The van der Waals surface area contributed by atoms with E-state index < -0.39 is 0 Å². The zero-order valence-corrected chi connectivity index (χ0v) is 10.2. The number of halogens is 1. The maximum Gasteiger partial charge on any atom is 0.239 e. The van der Waals surface area contributed by atoms with Crippen molar-refractivity contribution in [2.24, 2.45) is 0 Å². The van der Waals surface area contributed by atoms with Gasteiger partial charge in [0, 0.05) is 13.1 Å². The first kappa shape index (κ1) is 11.9. The summed E-state index contributed by atoms with van der Waals surface area (Å²) in [4.78, 5) is 21.0. The number of nitrogen functional groups attached to an aromatic ring is 1. The number of amides is 1. The van der Waals surface area contributed by atoms with E-state index in [4.69, 9.17) is 17.3 Å². The summed E-state index contributed by atoms with van der Waals surface area (Å²) in [6, 6.07) is 0.349. The fourth-order valence-electron chi connectivity index (χ4n) is 1.46. The Balaban J connectivity index is 1.99. The number of nitrogens with one attached hydrogen (secondary N) is 1. The summed E-state index contributed by atoms with van der Waals surface area (Å²) in [5.74, 6) is 0.431. The van der Waals surface area contributed by atoms with E-state index in [1.54, 1.807) is 11.9 Å². The predicted octanol–water partition coefficient (Wildman–Crippen LogP) is 0.427. The quantitative estimate of drug-likeness (QED) is 0.762. The number of aromatic nitrogens is 2. The van der Waals surface area contributed by atoms with Gasteiger partial charge in [-0.05, 0) is 24.4 Å². The molecule has 1 aromatic heterocycles. The number of anilines is 2. The Morgan fingerprint density at radius 2 is 2.41 bits per heavy atom. The SMILES string of the molecule is CN(CC(=O)NC1CC1)c1nc(Cl)ncc1N. The first-order chi connectivity index (χ1) is 8.06. The van der Waals surface area contributed by atoms with Crippen LogP contribution < -0.4 is 16.0 Å². The van der Waals surface area contributed by atoms with Gasteiger partial charge in [0.2, 0.25) is 11.2 Å². The van der Waals surface area contributed by atoms with Gasteiger partial charge < -0.3 is 16.0 Å². The summed E-state index contributed by atoms with van der Waals surface area (Å²) in [5, 5.41) is 3.01. The van der Waals surface area contributed by atoms with Crippen molar-refractivity contribution in [2.45, 2.75) is 18.9 Å². The zero-order chi connectivity index (χ0) is 12.4. The number of hydrogen-bond acceptors (Lipinski definition) is 5. The minimum Gasteiger partial charge on any atom is -0.394 e. The van der Waals surface area contributed by atoms with E-state index in [1.165, 1.54) is 6.20 Å². The number of nitrogens with zero attached hydrogens (tertiary/aromatic N) is 3. The molecule has 0 aliphatic heterocycles. The second-order valence-electron chi connectivity index (χ2n) is 4.12. The molecule has 0 unspecified atom stereocenters. The predicted molar refractivity (Wildman–Crippen MR) is 65.9 cm³/mol. The molecule has 6 nitrogen and oxygen atoms in total. The van der Waals surface area contributed by atoms with Gasteiger partial charge in [-0.3, -0.25) is 4.79 Å². The molecule has 92 valence electrons. The minimum atomic E-state index is -0.0378. The maximum absolute atomic E-state index is 11.6. The van der Waals surface area contributed by atoms with Gasteiger partial charge in [-0.25, -0.2) is 4.98 Å². The average Bonchev–Trinajstić information content (AvgIpc) is 3.05. The van der Waals surface area contributed by atoms with E-state index in [1.807, 2.05) is 0 Å². The smallest absolute Gasteiger partial charge is 0.239 e. The molecule has 0 saturated heterocycles. The van der Waals surface area contributed by atoms with Crippen LogP contribution in [0.3, 0.4) is 0 Å². The van der Waals surface area contributed by atoms with Gasteiger partial charge in [-0.1, -0.05) is 0 Å². The van der Waals surface area contributed by atoms with Gasteiger partial charge in [0.1, 0.15) is 0 Å². The van der Waals surface area contributed by atoms with E-state index in [2.05, 4.69) is 15.3 Å². The van der Waals surface area contributed by atoms with Crippen LogP contribution in [-0.2, 0) is 4.79 Å². The molecule has 0 aromatic carbocycles. The fourth-order valence-corrected chi connectivity index (χ4v) is 1.59. The number of carbonyl (C=O) groups excluding carboxylic acids is 1. The third-order valence-corrected chi connectivity index (χ3v) is 2.63. The van der Waals surface area contributed by atoms with Crippen LogP contribution in [0.5, 0.6) is 0 Å². The van der Waals surface area contributed by atoms with Crippen LogP contribution in [0.2, 0.25) is 5.28 Å². The van der Waals surface area contributed by atoms with Crippen LogP contribution in [0.15, 0.2) is 6.20 Å². The Morgan fingerprint density at radius 3 is 3.06 bits per heavy atom. The Labute approximate surface area is 104 Å². The lowest BCUT2D eigenvalue weighted by atomic mass is 10.4. The van der Waals surface area contributed by atoms with Crippen molar-refractivity contribution in [1.82, 2.24) is 15.3 Å². The summed E-state index contributed by atoms with van der Waals surface area (Å²) in [6.07, 6.45) is 3.56. The number of rotatable bonds is 4. The second kappa shape index (κ2) is 4.75. The van der Waals surface area contributed by atoms with Gasteiger partial charge in [0.15, 0.2) is 5.82 Å². The molecule has 0 atom stereocenters. The molecule has 1 saturated carbocycles. The van der Waals surface area contributed by atoms with E-state index >= 15 is 0 Å². The Kier molecular flexibility index (Phi) is 3.33. The minimum absolute atomic E-state index is 0.0378. The molecule has 1 aliphatic rings. The van der Waals surface area contributed by atoms with Crippen LogP contribution in [-0.4, -0.2) is 35.5 Å². The van der Waals surface area contributed by atoms with Gasteiger partial charge in [-0.2, -0.15) is 4.98 Å². The Morgan fingerprint density at radius 1 is 1.71 bits per heavy atom. The van der Waals surface area contributed by atoms with Crippen molar-refractivity contribution in [3.63, 3.8) is 0 Å². The number of carbonyl (C=O) groups is 1. The van der Waals surface area contributed by atoms with Crippen LogP contribution in [0, 0.1) is 0 Å². The van der Waals surface area contributed by atoms with Crippen LogP contribution >= 0.6 is 11.6 Å². The normalized spacial score (nSPS) is 14.5. The highest BCUT2D eigenvalue weighted by atomic mass is 35.5. The zero-order valence-electron chi connectivity index (χ0n) is 9.48. The molecule has 7 heteroatoms. The van der Waals surface area contributed by atoms with E-state index in [9.17, 15) is 4.79 Å². The van der Waals surface area contributed by atoms with Crippen LogP contribution in [0.25, 0.3) is 0 Å². The van der Waals surface area contributed by atoms with Crippen molar-refractivity contribution in [3.8, 4) is 0 Å². The molecule has 17 heavy (non-hydrogen) atoms.